The van der Waals surface area contributed by atoms with Crippen molar-refractivity contribution in [3.8, 4) is 0 Å². The number of hydrogen-bond donors (Lipinski definition) is 1. The molecule has 2 nitrogen and oxygen atoms in total. The maximum absolute atomic E-state index is 11.6. The van der Waals surface area contributed by atoms with E-state index in [0.29, 0.717) is 0 Å². The zero-order valence-electron chi connectivity index (χ0n) is 6.01. The summed E-state index contributed by atoms with van der Waals surface area (Å²) in [6, 6.07) is 0. The number of alkyl halides is 3. The van der Waals surface area contributed by atoms with Crippen molar-refractivity contribution in [2.45, 2.75) is 18.9 Å². The summed E-state index contributed by atoms with van der Waals surface area (Å²) in [4.78, 5) is 0. The molecule has 1 rings (SSSR count). The van der Waals surface area contributed by atoms with E-state index in [2.05, 4.69) is 4.74 Å². The van der Waals surface area contributed by atoms with Gasteiger partial charge in [0.15, 0.2) is 0 Å². The van der Waals surface area contributed by atoms with Crippen LogP contribution in [0, 0.1) is 0 Å². The summed E-state index contributed by atoms with van der Waals surface area (Å²) in [5, 5.41) is 8.92. The zero-order valence-corrected chi connectivity index (χ0v) is 6.01. The van der Waals surface area contributed by atoms with Gasteiger partial charge in [0, 0.05) is 0 Å². The van der Waals surface area contributed by atoms with Crippen molar-refractivity contribution in [1.29, 1.82) is 0 Å². The number of hydrogen-bond acceptors (Lipinski definition) is 2. The minimum atomic E-state index is -4.70. The lowest BCUT2D eigenvalue weighted by Crippen LogP contribution is -2.26. The van der Waals surface area contributed by atoms with Crippen LogP contribution in [0.5, 0.6) is 0 Å². The van der Waals surface area contributed by atoms with E-state index in [1.165, 1.54) is 18.2 Å². The molecule has 0 saturated heterocycles. The number of rotatable bonds is 1. The fourth-order valence-electron chi connectivity index (χ4n) is 0.867. The number of allylic oxidation sites excluding steroid dienone is 2. The Morgan fingerprint density at radius 2 is 2.17 bits per heavy atom. The summed E-state index contributed by atoms with van der Waals surface area (Å²) in [5.41, 5.74) is 0. The van der Waals surface area contributed by atoms with Gasteiger partial charge in [0.25, 0.3) is 0 Å². The van der Waals surface area contributed by atoms with Crippen molar-refractivity contribution >= 4 is 0 Å². The topological polar surface area (TPSA) is 29.5 Å². The molecule has 0 radical (unpaired) electrons. The quantitative estimate of drug-likeness (QED) is 0.670. The number of aliphatic hydroxyl groups excluding tert-OH is 1. The van der Waals surface area contributed by atoms with Gasteiger partial charge in [-0.3, -0.25) is 4.74 Å². The minimum Gasteiger partial charge on any atom is -0.510 e. The monoisotopic (exact) mass is 180 g/mol. The molecular formula is C7H7F3O2. The Morgan fingerprint density at radius 3 is 2.67 bits per heavy atom. The maximum Gasteiger partial charge on any atom is 0.523 e. The molecular weight excluding hydrogens is 173 g/mol. The second kappa shape index (κ2) is 3.18. The molecule has 0 spiro atoms. The Bertz CT molecular complexity index is 217. The molecule has 1 unspecified atom stereocenters. The zero-order chi connectivity index (χ0) is 9.19. The van der Waals surface area contributed by atoms with Gasteiger partial charge in [-0.25, -0.2) is 0 Å². The average Bonchev–Trinajstić information content (AvgIpc) is 1.91. The highest BCUT2D eigenvalue weighted by atomic mass is 19.4. The van der Waals surface area contributed by atoms with Crippen LogP contribution < -0.4 is 0 Å². The Balaban J connectivity index is 2.55. The third-order valence-electron chi connectivity index (χ3n) is 1.36. The van der Waals surface area contributed by atoms with Crippen LogP contribution in [0.25, 0.3) is 0 Å². The highest BCUT2D eigenvalue weighted by Gasteiger charge is 2.35. The predicted octanol–water partition coefficient (Wildman–Crippen LogP) is 2.29. The van der Waals surface area contributed by atoms with E-state index < -0.39 is 18.2 Å². The van der Waals surface area contributed by atoms with Crippen molar-refractivity contribution in [3.05, 3.63) is 24.0 Å². The summed E-state index contributed by atoms with van der Waals surface area (Å²) in [6.07, 6.45) is -1.78. The van der Waals surface area contributed by atoms with E-state index >= 15 is 0 Å². The molecule has 0 bridgehead atoms. The summed E-state index contributed by atoms with van der Waals surface area (Å²) < 4.78 is 38.5. The first-order valence-corrected chi connectivity index (χ1v) is 3.29. The lowest BCUT2D eigenvalue weighted by atomic mass is 10.1. The van der Waals surface area contributed by atoms with Gasteiger partial charge in [-0.2, -0.15) is 0 Å². The van der Waals surface area contributed by atoms with Gasteiger partial charge in [-0.05, 0) is 12.5 Å². The molecule has 0 heterocycles. The van der Waals surface area contributed by atoms with E-state index in [9.17, 15) is 13.2 Å². The second-order valence-electron chi connectivity index (χ2n) is 2.31. The third-order valence-corrected chi connectivity index (χ3v) is 1.36. The summed E-state index contributed by atoms with van der Waals surface area (Å²) in [7, 11) is 0. The van der Waals surface area contributed by atoms with Gasteiger partial charge in [-0.15, -0.1) is 13.2 Å². The van der Waals surface area contributed by atoms with Gasteiger partial charge in [0.2, 0.25) is 0 Å². The van der Waals surface area contributed by atoms with Crippen LogP contribution in [-0.4, -0.2) is 17.6 Å². The predicted molar refractivity (Wildman–Crippen MR) is 35.4 cm³/mol. The molecule has 0 aliphatic heterocycles. The van der Waals surface area contributed by atoms with Gasteiger partial charge in [0.1, 0.15) is 11.9 Å². The van der Waals surface area contributed by atoms with Crippen molar-refractivity contribution in [2.75, 3.05) is 0 Å². The van der Waals surface area contributed by atoms with E-state index in [1.807, 2.05) is 0 Å². The molecule has 5 heteroatoms. The Labute approximate surface area is 66.9 Å². The van der Waals surface area contributed by atoms with E-state index in [-0.39, 0.29) is 6.42 Å². The van der Waals surface area contributed by atoms with Gasteiger partial charge < -0.3 is 5.11 Å². The second-order valence-corrected chi connectivity index (χ2v) is 2.31. The summed E-state index contributed by atoms with van der Waals surface area (Å²) >= 11 is 0. The van der Waals surface area contributed by atoms with Gasteiger partial charge in [0.05, 0.1) is 0 Å². The van der Waals surface area contributed by atoms with Crippen LogP contribution in [0.3, 0.4) is 0 Å². The average molecular weight is 180 g/mol. The first-order chi connectivity index (χ1) is 5.49. The fraction of sp³-hybridized carbons (Fsp3) is 0.429. The van der Waals surface area contributed by atoms with Crippen molar-refractivity contribution in [3.63, 3.8) is 0 Å². The lowest BCUT2D eigenvalue weighted by molar-refractivity contribution is -0.340. The van der Waals surface area contributed by atoms with Gasteiger partial charge in [-0.1, -0.05) is 12.2 Å². The Morgan fingerprint density at radius 1 is 1.50 bits per heavy atom. The molecule has 1 atom stereocenters. The molecule has 12 heavy (non-hydrogen) atoms. The highest BCUT2D eigenvalue weighted by molar-refractivity contribution is 5.16. The molecule has 0 aromatic carbocycles. The van der Waals surface area contributed by atoms with Crippen LogP contribution in [0.4, 0.5) is 13.2 Å². The molecule has 1 N–H and O–H groups in total. The summed E-state index contributed by atoms with van der Waals surface area (Å²) in [6.45, 7) is 0. The third kappa shape index (κ3) is 2.58. The minimum absolute atomic E-state index is 0.0435. The van der Waals surface area contributed by atoms with Crippen molar-refractivity contribution in [1.82, 2.24) is 0 Å². The molecule has 68 valence electrons. The standard InChI is InChI=1S/C7H7F3O2/c8-7(9,10)12-6-4-2-1-3-5(6)11/h1-3,6,11H,4H2. The highest BCUT2D eigenvalue weighted by Crippen LogP contribution is 2.24. The smallest absolute Gasteiger partial charge is 0.510 e. The first-order valence-electron chi connectivity index (χ1n) is 3.29. The fourth-order valence-corrected chi connectivity index (χ4v) is 0.867. The number of aliphatic hydroxyl groups is 1. The van der Waals surface area contributed by atoms with Crippen LogP contribution in [-0.2, 0) is 4.74 Å². The molecule has 1 aliphatic rings. The van der Waals surface area contributed by atoms with Gasteiger partial charge >= 0.3 is 6.36 Å². The molecule has 0 fully saturated rings. The lowest BCUT2D eigenvalue weighted by Gasteiger charge is -2.18. The van der Waals surface area contributed by atoms with Crippen LogP contribution in [0.2, 0.25) is 0 Å². The first kappa shape index (κ1) is 9.12. The van der Waals surface area contributed by atoms with Crippen molar-refractivity contribution < 1.29 is 23.0 Å². The van der Waals surface area contributed by atoms with E-state index in [1.54, 1.807) is 0 Å². The molecule has 0 saturated carbocycles. The largest absolute Gasteiger partial charge is 0.523 e. The van der Waals surface area contributed by atoms with E-state index in [4.69, 9.17) is 5.11 Å². The van der Waals surface area contributed by atoms with E-state index in [0.717, 1.165) is 0 Å². The Hall–Kier alpha value is -0.970. The molecule has 0 aromatic heterocycles. The van der Waals surface area contributed by atoms with Crippen LogP contribution in [0.15, 0.2) is 24.0 Å². The van der Waals surface area contributed by atoms with Crippen LogP contribution in [0.1, 0.15) is 6.42 Å². The normalized spacial score (nSPS) is 23.9. The number of ether oxygens (including phenoxy) is 1. The molecule has 0 amide bonds. The number of halogens is 3. The van der Waals surface area contributed by atoms with Crippen molar-refractivity contribution in [2.24, 2.45) is 0 Å². The summed E-state index contributed by atoms with van der Waals surface area (Å²) in [5.74, 6) is -0.394. The Kier molecular flexibility index (Phi) is 2.42. The maximum atomic E-state index is 11.6. The molecule has 0 aromatic rings. The van der Waals surface area contributed by atoms with Crippen LogP contribution >= 0.6 is 0 Å². The molecule has 1 aliphatic carbocycles. The SMILES string of the molecule is OC1=CC=CCC1OC(F)(F)F.